The molecule has 0 spiro atoms. The van der Waals surface area contributed by atoms with Crippen LogP contribution in [0, 0.1) is 0 Å². The molecule has 13 nitrogen and oxygen atoms in total. The van der Waals surface area contributed by atoms with E-state index in [2.05, 4.69) is 0 Å². The molecule has 2 aliphatic rings. The van der Waals surface area contributed by atoms with Gasteiger partial charge in [0, 0.05) is 0 Å². The number of esters is 1. The fourth-order valence-corrected chi connectivity index (χ4v) is 8.85. The quantitative estimate of drug-likeness (QED) is 0.0517. The van der Waals surface area contributed by atoms with E-state index in [-0.39, 0.29) is 59.5 Å². The van der Waals surface area contributed by atoms with Gasteiger partial charge in [-0.3, -0.25) is 0 Å². The Kier molecular flexibility index (Phi) is 19.9. The van der Waals surface area contributed by atoms with E-state index in [0.29, 0.717) is 0 Å². The Bertz CT molecular complexity index is 2480. The maximum absolute atomic E-state index is 13.0. The predicted octanol–water partition coefficient (Wildman–Crippen LogP) is 9.32. The van der Waals surface area contributed by atoms with Crippen LogP contribution in [0.3, 0.4) is 0 Å². The van der Waals surface area contributed by atoms with Gasteiger partial charge in [0.05, 0.1) is 52.9 Å². The van der Waals surface area contributed by atoms with Crippen LogP contribution in [0.25, 0.3) is 0 Å². The van der Waals surface area contributed by atoms with Crippen molar-refractivity contribution < 1.29 is 62.0 Å². The minimum Gasteiger partial charge on any atom is -0.458 e. The molecular weight excluding hydrogens is 929 g/mol. The highest BCUT2D eigenvalue weighted by molar-refractivity contribution is 5.71. The molecule has 2 saturated heterocycles. The highest BCUT2D eigenvalue weighted by atomic mass is 16.8. The molecule has 6 aromatic rings. The maximum atomic E-state index is 13.0. The third-order valence-electron chi connectivity index (χ3n) is 12.3. The van der Waals surface area contributed by atoms with Gasteiger partial charge in [-0.15, -0.1) is 0 Å². The van der Waals surface area contributed by atoms with Crippen LogP contribution in [0.2, 0.25) is 0 Å². The van der Waals surface area contributed by atoms with E-state index >= 15 is 0 Å². The Hall–Kier alpha value is -5.65. The average Bonchev–Trinajstić information content (AvgIpc) is 3.69. The summed E-state index contributed by atoms with van der Waals surface area (Å²) in [6, 6.07) is 58.7. The normalized spacial score (nSPS) is 24.1. The molecule has 0 aliphatic carbocycles. The fraction of sp³-hybridized carbons (Fsp3) is 0.383. The molecule has 1 N–H and O–H groups in total. The topological polar surface area (TPSA) is 139 Å². The van der Waals surface area contributed by atoms with Crippen LogP contribution < -0.4 is 0 Å². The van der Waals surface area contributed by atoms with Gasteiger partial charge in [0.25, 0.3) is 0 Å². The average molecular weight is 997 g/mol. The highest BCUT2D eigenvalue weighted by Crippen LogP contribution is 2.42. The first-order chi connectivity index (χ1) is 35.6. The number of aliphatic hydroxyl groups is 1. The molecular formula is C60H68O13. The smallest absolute Gasteiger partial charge is 0.332 e. The number of benzene rings is 6. The maximum Gasteiger partial charge on any atom is 0.332 e. The zero-order valence-corrected chi connectivity index (χ0v) is 41.9. The molecule has 0 radical (unpaired) electrons. The largest absolute Gasteiger partial charge is 0.458 e. The van der Waals surface area contributed by atoms with Crippen LogP contribution in [0.5, 0.6) is 0 Å². The van der Waals surface area contributed by atoms with Gasteiger partial charge in [0.15, 0.2) is 6.29 Å². The molecule has 13 heteroatoms. The van der Waals surface area contributed by atoms with Gasteiger partial charge in [-0.2, -0.15) is 0 Å². The van der Waals surface area contributed by atoms with Crippen molar-refractivity contribution in [2.75, 3.05) is 26.4 Å². The van der Waals surface area contributed by atoms with E-state index in [1.54, 1.807) is 20.8 Å². The molecule has 8 rings (SSSR count). The van der Waals surface area contributed by atoms with Crippen molar-refractivity contribution in [2.45, 2.75) is 121 Å². The van der Waals surface area contributed by atoms with E-state index in [4.69, 9.17) is 52.1 Å². The molecule has 6 aromatic carbocycles. The minimum absolute atomic E-state index is 0.120. The SMILES string of the molecule is CC(C)(C)OC(=O)COC[C@H]1O[C@@](COCc2ccccc2)(O[C@H]2O[C@H](CO)[C@@H](OCc3ccccc3)[C@H](OCc3ccccc3)[C@H]2OCc2ccccc2)[C@@H](OCc2ccccc2)[C@@H]1OCc1ccccc1. The van der Waals surface area contributed by atoms with Gasteiger partial charge >= 0.3 is 5.97 Å². The van der Waals surface area contributed by atoms with Gasteiger partial charge in [0.1, 0.15) is 61.5 Å². The van der Waals surface area contributed by atoms with Gasteiger partial charge < -0.3 is 57.2 Å². The predicted molar refractivity (Wildman–Crippen MR) is 272 cm³/mol. The van der Waals surface area contributed by atoms with Crippen molar-refractivity contribution in [3.63, 3.8) is 0 Å². The summed E-state index contributed by atoms with van der Waals surface area (Å²) in [5.41, 5.74) is 4.73. The Morgan fingerprint density at radius 2 is 0.890 bits per heavy atom. The van der Waals surface area contributed by atoms with E-state index in [1.165, 1.54) is 0 Å². The molecule has 0 aromatic heterocycles. The molecule has 9 atom stereocenters. The molecule has 0 bridgehead atoms. The highest BCUT2D eigenvalue weighted by Gasteiger charge is 2.62. The van der Waals surface area contributed by atoms with Crippen LogP contribution in [0.15, 0.2) is 182 Å². The first-order valence-corrected chi connectivity index (χ1v) is 25.0. The summed E-state index contributed by atoms with van der Waals surface area (Å²) in [4.78, 5) is 13.0. The number of hydrogen-bond acceptors (Lipinski definition) is 13. The van der Waals surface area contributed by atoms with Gasteiger partial charge in [-0.05, 0) is 54.2 Å². The Balaban J connectivity index is 1.21. The van der Waals surface area contributed by atoms with E-state index in [0.717, 1.165) is 33.4 Å². The summed E-state index contributed by atoms with van der Waals surface area (Å²) in [6.45, 7) is 5.31. The second-order valence-corrected chi connectivity index (χ2v) is 19.2. The molecule has 386 valence electrons. The first kappa shape index (κ1) is 53.6. The van der Waals surface area contributed by atoms with E-state index < -0.39 is 73.0 Å². The molecule has 73 heavy (non-hydrogen) atoms. The van der Waals surface area contributed by atoms with Gasteiger partial charge in [0.2, 0.25) is 5.79 Å². The number of ether oxygens (including phenoxy) is 11. The van der Waals surface area contributed by atoms with Crippen molar-refractivity contribution >= 4 is 5.97 Å². The van der Waals surface area contributed by atoms with Crippen LogP contribution in [0.4, 0.5) is 0 Å². The number of rotatable bonds is 26. The van der Waals surface area contributed by atoms with Crippen molar-refractivity contribution in [3.8, 4) is 0 Å². The lowest BCUT2D eigenvalue weighted by Crippen LogP contribution is -2.64. The van der Waals surface area contributed by atoms with Gasteiger partial charge in [-0.25, -0.2) is 4.79 Å². The first-order valence-electron chi connectivity index (χ1n) is 25.0. The number of carbonyl (C=O) groups is 1. The second-order valence-electron chi connectivity index (χ2n) is 19.2. The zero-order valence-electron chi connectivity index (χ0n) is 41.9. The minimum atomic E-state index is -1.83. The standard InChI is InChI=1S/C60H68O13/c1-59(2,3)72-52(62)42-63-41-51-54(66-37-46-26-14-6-15-27-46)57(69-40-49-32-20-9-21-33-49)60(71-51,43-64-35-44-22-10-4-11-23-44)73-58-56(68-39-48-30-18-8-19-31-48)55(67-38-47-28-16-7-17-29-47)53(50(34-61)70-58)65-36-45-24-12-5-13-25-45/h4-33,50-51,53-58,61H,34-43H2,1-3H3/t50-,51-,53-,54-,55+,56-,57+,58-,60+/m1/s1. The van der Waals surface area contributed by atoms with Crippen molar-refractivity contribution in [1.82, 2.24) is 0 Å². The third kappa shape index (κ3) is 15.9. The molecule has 2 fully saturated rings. The van der Waals surface area contributed by atoms with E-state index in [9.17, 15) is 9.90 Å². The second kappa shape index (κ2) is 27.0. The Labute approximate surface area is 429 Å². The summed E-state index contributed by atoms with van der Waals surface area (Å²) in [5, 5.41) is 11.3. The summed E-state index contributed by atoms with van der Waals surface area (Å²) in [5.74, 6) is -2.36. The van der Waals surface area contributed by atoms with Crippen LogP contribution in [-0.2, 0) is 96.5 Å². The lowest BCUT2D eigenvalue weighted by atomic mass is 9.97. The summed E-state index contributed by atoms with van der Waals surface area (Å²) >= 11 is 0. The van der Waals surface area contributed by atoms with Crippen LogP contribution >= 0.6 is 0 Å². The Morgan fingerprint density at radius 3 is 1.33 bits per heavy atom. The number of carbonyl (C=O) groups excluding carboxylic acids is 1. The molecule has 2 heterocycles. The monoisotopic (exact) mass is 996 g/mol. The lowest BCUT2D eigenvalue weighted by Gasteiger charge is -2.48. The molecule has 0 saturated carbocycles. The van der Waals surface area contributed by atoms with Crippen LogP contribution in [-0.4, -0.2) is 97.9 Å². The number of hydrogen-bond donors (Lipinski definition) is 1. The fourth-order valence-electron chi connectivity index (χ4n) is 8.85. The zero-order chi connectivity index (χ0) is 50.7. The molecule has 2 aliphatic heterocycles. The van der Waals surface area contributed by atoms with Crippen molar-refractivity contribution in [2.24, 2.45) is 0 Å². The number of aliphatic hydroxyl groups excluding tert-OH is 1. The van der Waals surface area contributed by atoms with Crippen molar-refractivity contribution in [1.29, 1.82) is 0 Å². The summed E-state index contributed by atoms with van der Waals surface area (Å²) < 4.78 is 74.4. The van der Waals surface area contributed by atoms with E-state index in [1.807, 2.05) is 182 Å². The lowest BCUT2D eigenvalue weighted by molar-refractivity contribution is -0.398. The van der Waals surface area contributed by atoms with Crippen LogP contribution in [0.1, 0.15) is 54.2 Å². The van der Waals surface area contributed by atoms with Gasteiger partial charge in [-0.1, -0.05) is 182 Å². The van der Waals surface area contributed by atoms with Crippen molar-refractivity contribution in [3.05, 3.63) is 215 Å². The Morgan fingerprint density at radius 1 is 0.493 bits per heavy atom. The molecule has 0 unspecified atom stereocenters. The third-order valence-corrected chi connectivity index (χ3v) is 12.3. The summed E-state index contributed by atoms with van der Waals surface area (Å²) in [6.07, 6.45) is -7.84. The molecule has 0 amide bonds. The summed E-state index contributed by atoms with van der Waals surface area (Å²) in [7, 11) is 0.